The largest absolute Gasteiger partial charge is 0.396 e. The first-order valence-corrected chi connectivity index (χ1v) is 15.3. The quantitative estimate of drug-likeness (QED) is 0.234. The first-order chi connectivity index (χ1) is 19.7. The van der Waals surface area contributed by atoms with Crippen LogP contribution in [0.1, 0.15) is 46.0 Å². The van der Waals surface area contributed by atoms with Crippen LogP contribution in [0.2, 0.25) is 0 Å². The minimum absolute atomic E-state index is 0.00126. The summed E-state index contributed by atoms with van der Waals surface area (Å²) in [4.78, 5) is 50.2. The Hall–Kier alpha value is -2.27. The van der Waals surface area contributed by atoms with Gasteiger partial charge in [0, 0.05) is 59.5 Å². The fraction of sp³-hybridized carbons (Fsp3) is 0.774. The molecule has 3 unspecified atom stereocenters. The van der Waals surface area contributed by atoms with Crippen molar-refractivity contribution in [2.75, 3.05) is 72.7 Å². The zero-order chi connectivity index (χ0) is 29.8. The minimum atomic E-state index is -1.05. The number of morpholine rings is 1. The summed E-state index contributed by atoms with van der Waals surface area (Å²) < 4.78 is 12.4. The molecule has 0 aromatic rings. The molecule has 230 valence electrons. The van der Waals surface area contributed by atoms with Gasteiger partial charge in [-0.15, -0.1) is 13.2 Å². The van der Waals surface area contributed by atoms with Crippen LogP contribution in [0.15, 0.2) is 25.3 Å². The molecule has 1 N–H and O–H groups in total. The third kappa shape index (κ3) is 5.85. The summed E-state index contributed by atoms with van der Waals surface area (Å²) in [6.07, 6.45) is 7.09. The number of unbranched alkanes of at least 4 members (excludes halogenated alkanes) is 3. The lowest BCUT2D eigenvalue weighted by Crippen LogP contribution is -2.57. The normalized spacial score (nSPS) is 32.7. The molecule has 4 rings (SSSR count). The number of ether oxygens (including phenoxy) is 2. The number of likely N-dealkylation sites (N-methyl/N-ethyl adjacent to an activating group) is 1. The van der Waals surface area contributed by atoms with Crippen LogP contribution in [0.3, 0.4) is 0 Å². The molecule has 6 atom stereocenters. The molecule has 4 fully saturated rings. The third-order valence-corrected chi connectivity index (χ3v) is 9.85. The maximum absolute atomic E-state index is 14.6. The Morgan fingerprint density at radius 2 is 1.76 bits per heavy atom. The van der Waals surface area contributed by atoms with Gasteiger partial charge in [-0.2, -0.15) is 0 Å². The maximum Gasteiger partial charge on any atom is 0.248 e. The van der Waals surface area contributed by atoms with E-state index in [-0.39, 0.29) is 30.2 Å². The van der Waals surface area contributed by atoms with Gasteiger partial charge in [0.15, 0.2) is 0 Å². The molecule has 1 spiro atoms. The second-order valence-electron chi connectivity index (χ2n) is 12.4. The van der Waals surface area contributed by atoms with E-state index in [4.69, 9.17) is 9.47 Å². The van der Waals surface area contributed by atoms with E-state index in [2.05, 4.69) is 25.0 Å². The maximum atomic E-state index is 14.6. The van der Waals surface area contributed by atoms with Gasteiger partial charge in [-0.3, -0.25) is 19.3 Å². The molecule has 0 aliphatic carbocycles. The zero-order valence-electron chi connectivity index (χ0n) is 25.3. The molecule has 4 aliphatic rings. The van der Waals surface area contributed by atoms with E-state index in [1.54, 1.807) is 33.9 Å². The average Bonchev–Trinajstić information content (AvgIpc) is 3.47. The van der Waals surface area contributed by atoms with Crippen LogP contribution in [0, 0.1) is 17.8 Å². The topological polar surface area (TPSA) is 103 Å². The number of hydrogen-bond donors (Lipinski definition) is 1. The van der Waals surface area contributed by atoms with E-state index in [0.29, 0.717) is 58.8 Å². The lowest BCUT2D eigenvalue weighted by molar-refractivity contribution is -0.154. The Labute approximate surface area is 245 Å². The first kappa shape index (κ1) is 31.7. The molecular weight excluding hydrogens is 524 g/mol. The van der Waals surface area contributed by atoms with E-state index in [0.717, 1.165) is 32.4 Å². The highest BCUT2D eigenvalue weighted by Crippen LogP contribution is 2.65. The van der Waals surface area contributed by atoms with Crippen LogP contribution < -0.4 is 0 Å². The van der Waals surface area contributed by atoms with Gasteiger partial charge < -0.3 is 29.3 Å². The van der Waals surface area contributed by atoms with Crippen molar-refractivity contribution in [3.63, 3.8) is 0 Å². The van der Waals surface area contributed by atoms with E-state index in [1.165, 1.54) is 0 Å². The number of amides is 3. The predicted molar refractivity (Wildman–Crippen MR) is 156 cm³/mol. The number of carbonyl (C=O) groups excluding carboxylic acids is 3. The SMILES string of the molecule is C=CCN(C)C(=O)[C@@H]1[C@H]2C(=O)N(CCCCCCO)C(C(=O)N(CC=C)CCN3CCOCC3)C23CC(C)[C@@]1(C)O3. The van der Waals surface area contributed by atoms with Crippen molar-refractivity contribution in [3.05, 3.63) is 25.3 Å². The van der Waals surface area contributed by atoms with Crippen molar-refractivity contribution in [2.24, 2.45) is 17.8 Å². The molecule has 2 bridgehead atoms. The monoisotopic (exact) mass is 574 g/mol. The molecule has 10 nitrogen and oxygen atoms in total. The van der Waals surface area contributed by atoms with Gasteiger partial charge in [-0.05, 0) is 32.1 Å². The number of fused-ring (bicyclic) bond motifs is 1. The van der Waals surface area contributed by atoms with Crippen molar-refractivity contribution in [3.8, 4) is 0 Å². The highest BCUT2D eigenvalue weighted by atomic mass is 16.5. The van der Waals surface area contributed by atoms with Crippen LogP contribution in [0.25, 0.3) is 0 Å². The van der Waals surface area contributed by atoms with Crippen LogP contribution >= 0.6 is 0 Å². The molecule has 10 heteroatoms. The fourth-order valence-electron chi connectivity index (χ4n) is 7.61. The van der Waals surface area contributed by atoms with Crippen molar-refractivity contribution in [2.45, 2.75) is 63.2 Å². The number of hydrogen-bond acceptors (Lipinski definition) is 7. The molecule has 0 saturated carbocycles. The van der Waals surface area contributed by atoms with Crippen LogP contribution in [0.4, 0.5) is 0 Å². The number of nitrogens with zero attached hydrogens (tertiary/aromatic N) is 4. The van der Waals surface area contributed by atoms with Crippen molar-refractivity contribution in [1.29, 1.82) is 0 Å². The number of likely N-dealkylation sites (tertiary alicyclic amines) is 1. The Balaban J connectivity index is 1.66. The van der Waals surface area contributed by atoms with Gasteiger partial charge >= 0.3 is 0 Å². The van der Waals surface area contributed by atoms with Gasteiger partial charge in [0.1, 0.15) is 11.6 Å². The van der Waals surface area contributed by atoms with Gasteiger partial charge in [0.25, 0.3) is 0 Å². The summed E-state index contributed by atoms with van der Waals surface area (Å²) in [7, 11) is 1.73. The molecule has 0 aromatic carbocycles. The molecule has 4 heterocycles. The van der Waals surface area contributed by atoms with Gasteiger partial charge in [0.2, 0.25) is 17.7 Å². The summed E-state index contributed by atoms with van der Waals surface area (Å²) >= 11 is 0. The Morgan fingerprint density at radius 3 is 2.41 bits per heavy atom. The number of rotatable bonds is 15. The van der Waals surface area contributed by atoms with E-state index in [9.17, 15) is 19.5 Å². The highest BCUT2D eigenvalue weighted by molar-refractivity contribution is 5.99. The smallest absolute Gasteiger partial charge is 0.248 e. The second-order valence-corrected chi connectivity index (χ2v) is 12.4. The standard InChI is InChI=1S/C31H50N4O6/c1-6-12-32(5)27(37)24-25-28(38)35(14-10-8-9-11-19-36)26(31(25)22-23(3)30(24,4)41-31)29(39)34(13-7-2)16-15-33-17-20-40-21-18-33/h6-7,23-26,36H,1-2,8-22H2,3-5H3/t23?,24-,25-,26?,30+,31?/m0/s1. The summed E-state index contributed by atoms with van der Waals surface area (Å²) in [5.41, 5.74) is -1.89. The number of aliphatic hydroxyl groups excluding tert-OH is 1. The van der Waals surface area contributed by atoms with E-state index < -0.39 is 29.1 Å². The van der Waals surface area contributed by atoms with Crippen molar-refractivity contribution >= 4 is 17.7 Å². The summed E-state index contributed by atoms with van der Waals surface area (Å²) in [6.45, 7) is 17.2. The molecule has 0 aromatic heterocycles. The minimum Gasteiger partial charge on any atom is -0.396 e. The van der Waals surface area contributed by atoms with Crippen LogP contribution in [-0.2, 0) is 23.9 Å². The lowest BCUT2D eigenvalue weighted by Gasteiger charge is -2.38. The van der Waals surface area contributed by atoms with Gasteiger partial charge in [-0.25, -0.2) is 0 Å². The lowest BCUT2D eigenvalue weighted by atomic mass is 9.62. The van der Waals surface area contributed by atoms with Crippen molar-refractivity contribution < 1.29 is 29.0 Å². The molecule has 3 amide bonds. The molecule has 0 radical (unpaired) electrons. The average molecular weight is 575 g/mol. The first-order valence-electron chi connectivity index (χ1n) is 15.3. The number of aliphatic hydroxyl groups is 1. The molecule has 41 heavy (non-hydrogen) atoms. The van der Waals surface area contributed by atoms with Crippen LogP contribution in [-0.4, -0.2) is 132 Å². The molecule has 4 aliphatic heterocycles. The Morgan fingerprint density at radius 1 is 1.07 bits per heavy atom. The van der Waals surface area contributed by atoms with E-state index in [1.807, 2.05) is 6.92 Å². The Bertz CT molecular complexity index is 986. The molecular formula is C31H50N4O6. The summed E-state index contributed by atoms with van der Waals surface area (Å²) in [5, 5.41) is 9.19. The third-order valence-electron chi connectivity index (χ3n) is 9.85. The Kier molecular flexibility index (Phi) is 10.3. The van der Waals surface area contributed by atoms with E-state index >= 15 is 0 Å². The van der Waals surface area contributed by atoms with Crippen molar-refractivity contribution in [1.82, 2.24) is 19.6 Å². The van der Waals surface area contributed by atoms with Gasteiger partial charge in [-0.1, -0.05) is 31.9 Å². The number of carbonyl (C=O) groups is 3. The highest BCUT2D eigenvalue weighted by Gasteiger charge is 2.80. The predicted octanol–water partition coefficient (Wildman–Crippen LogP) is 1.54. The molecule has 4 saturated heterocycles. The second kappa shape index (κ2) is 13.4. The fourth-order valence-corrected chi connectivity index (χ4v) is 7.61. The van der Waals surface area contributed by atoms with Crippen LogP contribution in [0.5, 0.6) is 0 Å². The zero-order valence-corrected chi connectivity index (χ0v) is 25.3. The van der Waals surface area contributed by atoms with Gasteiger partial charge in [0.05, 0.1) is 30.7 Å². The summed E-state index contributed by atoms with van der Waals surface area (Å²) in [6, 6.07) is -0.797. The summed E-state index contributed by atoms with van der Waals surface area (Å²) in [5.74, 6) is -1.80.